The summed E-state index contributed by atoms with van der Waals surface area (Å²) >= 11 is 4.97. The van der Waals surface area contributed by atoms with E-state index in [0.717, 1.165) is 18.0 Å². The van der Waals surface area contributed by atoms with E-state index in [0.29, 0.717) is 5.11 Å². The quantitative estimate of drug-likeness (QED) is 0.573. The molecule has 15 heavy (non-hydrogen) atoms. The van der Waals surface area contributed by atoms with Crippen molar-refractivity contribution in [3.8, 4) is 0 Å². The minimum atomic E-state index is 0.615. The molecular formula is C12H17N2S. The zero-order valence-corrected chi connectivity index (χ0v) is 10.2. The van der Waals surface area contributed by atoms with Crippen molar-refractivity contribution in [2.75, 3.05) is 0 Å². The van der Waals surface area contributed by atoms with Gasteiger partial charge in [0.05, 0.1) is 5.70 Å². The average Bonchev–Trinajstić information content (AvgIpc) is 2.58. The molecule has 0 bridgehead atoms. The van der Waals surface area contributed by atoms with E-state index in [-0.39, 0.29) is 0 Å². The molecule has 2 nitrogen and oxygen atoms in total. The fourth-order valence-corrected chi connectivity index (χ4v) is 2.43. The molecule has 81 valence electrons. The van der Waals surface area contributed by atoms with Gasteiger partial charge in [-0.05, 0) is 57.7 Å². The molecule has 0 saturated heterocycles. The topological polar surface area (TPSA) is 26.1 Å². The summed E-state index contributed by atoms with van der Waals surface area (Å²) in [6, 6.07) is 0. The monoisotopic (exact) mass is 221 g/mol. The molecule has 0 fully saturated rings. The normalized spacial score (nSPS) is 26.1. The maximum atomic E-state index is 4.97. The Kier molecular flexibility index (Phi) is 3.10. The van der Waals surface area contributed by atoms with E-state index < -0.39 is 0 Å². The highest BCUT2D eigenvalue weighted by atomic mass is 32.1. The number of rotatable bonds is 2. The molecule has 1 radical (unpaired) electrons. The van der Waals surface area contributed by atoms with Gasteiger partial charge >= 0.3 is 0 Å². The average molecular weight is 221 g/mol. The molecule has 2 aliphatic rings. The highest BCUT2D eigenvalue weighted by Gasteiger charge is 2.20. The molecule has 0 saturated carbocycles. The van der Waals surface area contributed by atoms with Gasteiger partial charge in [0.2, 0.25) is 0 Å². The van der Waals surface area contributed by atoms with Gasteiger partial charge in [-0.1, -0.05) is 11.1 Å². The summed E-state index contributed by atoms with van der Waals surface area (Å²) in [4.78, 5) is 0. The third kappa shape index (κ3) is 2.59. The molecule has 0 amide bonds. The van der Waals surface area contributed by atoms with E-state index in [1.807, 2.05) is 6.20 Å². The van der Waals surface area contributed by atoms with Crippen LogP contribution < -0.4 is 10.6 Å². The minimum absolute atomic E-state index is 0.615. The number of allylic oxidation sites excluding steroid dienone is 3. The van der Waals surface area contributed by atoms with Crippen LogP contribution in [0, 0.1) is 5.92 Å². The van der Waals surface area contributed by atoms with Crippen LogP contribution >= 0.6 is 12.2 Å². The van der Waals surface area contributed by atoms with Crippen molar-refractivity contribution >= 4 is 17.3 Å². The summed E-state index contributed by atoms with van der Waals surface area (Å²) in [5.41, 5.74) is 4.27. The standard InChI is InChI=1S/C12H17N2S/c1-8-3-4-10(5-9(8)2)6-11-7-13-12(15)14-11/h7,10H,3-6H2,1-2H3,(H,13,15). The van der Waals surface area contributed by atoms with E-state index in [2.05, 4.69) is 24.5 Å². The Morgan fingerprint density at radius 2 is 2.27 bits per heavy atom. The summed E-state index contributed by atoms with van der Waals surface area (Å²) in [5.74, 6) is 0.756. The first-order valence-electron chi connectivity index (χ1n) is 5.51. The van der Waals surface area contributed by atoms with Crippen LogP contribution in [0.3, 0.4) is 0 Å². The fourth-order valence-electron chi connectivity index (χ4n) is 2.26. The highest BCUT2D eigenvalue weighted by Crippen LogP contribution is 2.32. The lowest BCUT2D eigenvalue weighted by atomic mass is 9.83. The van der Waals surface area contributed by atoms with Crippen molar-refractivity contribution in [1.29, 1.82) is 0 Å². The molecule has 1 N–H and O–H groups in total. The second kappa shape index (κ2) is 4.35. The Morgan fingerprint density at radius 3 is 2.87 bits per heavy atom. The van der Waals surface area contributed by atoms with Crippen LogP contribution in [0.4, 0.5) is 0 Å². The van der Waals surface area contributed by atoms with Crippen molar-refractivity contribution < 1.29 is 0 Å². The molecule has 0 aromatic rings. The zero-order chi connectivity index (χ0) is 10.8. The maximum absolute atomic E-state index is 4.97. The van der Waals surface area contributed by atoms with E-state index in [1.165, 1.54) is 19.3 Å². The van der Waals surface area contributed by atoms with E-state index in [1.54, 1.807) is 11.1 Å². The summed E-state index contributed by atoms with van der Waals surface area (Å²) in [7, 11) is 0. The molecule has 1 heterocycles. The Morgan fingerprint density at radius 1 is 1.47 bits per heavy atom. The first-order chi connectivity index (χ1) is 7.15. The Bertz CT molecular complexity index is 342. The largest absolute Gasteiger partial charge is 0.336 e. The number of hydrogen-bond acceptors (Lipinski definition) is 1. The molecule has 1 atom stereocenters. The summed E-state index contributed by atoms with van der Waals surface area (Å²) in [5, 5.41) is 7.88. The summed E-state index contributed by atoms with van der Waals surface area (Å²) in [6.07, 6.45) is 6.79. The molecule has 1 unspecified atom stereocenters. The SMILES string of the molecule is CC1=C(C)CC(CC2=CNC(=S)[N]2)CC1. The first-order valence-corrected chi connectivity index (χ1v) is 5.92. The number of thiocarbonyl (C=S) groups is 1. The Labute approximate surface area is 96.8 Å². The van der Waals surface area contributed by atoms with Crippen LogP contribution in [-0.2, 0) is 0 Å². The van der Waals surface area contributed by atoms with E-state index in [4.69, 9.17) is 12.2 Å². The Balaban J connectivity index is 1.90. The van der Waals surface area contributed by atoms with Gasteiger partial charge in [-0.2, -0.15) is 0 Å². The van der Waals surface area contributed by atoms with Gasteiger partial charge in [0.1, 0.15) is 0 Å². The second-order valence-electron chi connectivity index (χ2n) is 4.57. The van der Waals surface area contributed by atoms with Gasteiger partial charge in [0.25, 0.3) is 0 Å². The van der Waals surface area contributed by atoms with Crippen molar-refractivity contribution in [2.45, 2.75) is 39.5 Å². The van der Waals surface area contributed by atoms with Gasteiger partial charge in [-0.25, -0.2) is 5.32 Å². The molecule has 2 rings (SSSR count). The van der Waals surface area contributed by atoms with Gasteiger partial charge in [-0.15, -0.1) is 0 Å². The molecule has 3 heteroatoms. The van der Waals surface area contributed by atoms with Crippen molar-refractivity contribution in [2.24, 2.45) is 5.92 Å². The van der Waals surface area contributed by atoms with Crippen molar-refractivity contribution in [3.05, 3.63) is 23.0 Å². The zero-order valence-electron chi connectivity index (χ0n) is 9.34. The summed E-state index contributed by atoms with van der Waals surface area (Å²) in [6.45, 7) is 4.51. The fraction of sp³-hybridized carbons (Fsp3) is 0.583. The second-order valence-corrected chi connectivity index (χ2v) is 4.96. The van der Waals surface area contributed by atoms with Gasteiger partial charge in [-0.3, -0.25) is 0 Å². The maximum Gasteiger partial charge on any atom is 0.197 e. The van der Waals surface area contributed by atoms with Crippen molar-refractivity contribution in [1.82, 2.24) is 10.6 Å². The smallest absolute Gasteiger partial charge is 0.197 e. The summed E-state index contributed by atoms with van der Waals surface area (Å²) < 4.78 is 0. The van der Waals surface area contributed by atoms with Crippen molar-refractivity contribution in [3.63, 3.8) is 0 Å². The van der Waals surface area contributed by atoms with Gasteiger partial charge in [0, 0.05) is 6.20 Å². The number of nitrogens with one attached hydrogen (secondary N) is 1. The molecule has 0 aromatic carbocycles. The molecule has 1 aliphatic heterocycles. The third-order valence-electron chi connectivity index (χ3n) is 3.36. The lowest BCUT2D eigenvalue weighted by molar-refractivity contribution is 0.446. The van der Waals surface area contributed by atoms with Crippen LogP contribution in [0.2, 0.25) is 0 Å². The first kappa shape index (κ1) is 10.7. The lowest BCUT2D eigenvalue weighted by Gasteiger charge is -2.24. The predicted octanol–water partition coefficient (Wildman–Crippen LogP) is 2.85. The number of hydrogen-bond donors (Lipinski definition) is 1. The molecular weight excluding hydrogens is 204 g/mol. The lowest BCUT2D eigenvalue weighted by Crippen LogP contribution is -2.17. The van der Waals surface area contributed by atoms with Crippen LogP contribution in [0.15, 0.2) is 23.0 Å². The van der Waals surface area contributed by atoms with E-state index in [9.17, 15) is 0 Å². The van der Waals surface area contributed by atoms with E-state index >= 15 is 0 Å². The number of nitrogens with zero attached hydrogens (tertiary/aromatic N) is 1. The third-order valence-corrected chi connectivity index (χ3v) is 3.57. The van der Waals surface area contributed by atoms with Crippen LogP contribution in [0.25, 0.3) is 0 Å². The minimum Gasteiger partial charge on any atom is -0.336 e. The molecule has 0 aromatic heterocycles. The molecule has 1 aliphatic carbocycles. The highest BCUT2D eigenvalue weighted by molar-refractivity contribution is 7.80. The molecule has 0 spiro atoms. The van der Waals surface area contributed by atoms with Gasteiger partial charge < -0.3 is 5.32 Å². The van der Waals surface area contributed by atoms with Crippen LogP contribution in [-0.4, -0.2) is 5.11 Å². The predicted molar refractivity (Wildman–Crippen MR) is 66.3 cm³/mol. The van der Waals surface area contributed by atoms with Crippen LogP contribution in [0.1, 0.15) is 39.5 Å². The Hall–Kier alpha value is -0.830. The van der Waals surface area contributed by atoms with Gasteiger partial charge in [0.15, 0.2) is 5.11 Å². The van der Waals surface area contributed by atoms with Crippen LogP contribution in [0.5, 0.6) is 0 Å².